The van der Waals surface area contributed by atoms with Crippen LogP contribution in [0.3, 0.4) is 0 Å². The number of hydrazone groups is 1. The molecule has 0 spiro atoms. The van der Waals surface area contributed by atoms with Crippen molar-refractivity contribution in [3.8, 4) is 0 Å². The lowest BCUT2D eigenvalue weighted by atomic mass is 10.3. The Kier molecular flexibility index (Phi) is 3.49. The molecular formula is C10H12N4OS2. The van der Waals surface area contributed by atoms with E-state index in [0.717, 1.165) is 26.5 Å². The smallest absolute Gasteiger partial charge is 0.167 e. The van der Waals surface area contributed by atoms with Gasteiger partial charge in [-0.15, -0.1) is 11.3 Å². The number of aryl methyl sites for hydroxylation is 1. The molecule has 0 atom stereocenters. The van der Waals surface area contributed by atoms with E-state index in [9.17, 15) is 4.79 Å². The number of thiazole rings is 1. The summed E-state index contributed by atoms with van der Waals surface area (Å²) in [5.74, 6) is 0. The van der Waals surface area contributed by atoms with Gasteiger partial charge >= 0.3 is 0 Å². The molecule has 0 aromatic carbocycles. The Morgan fingerprint density at radius 3 is 2.94 bits per heavy atom. The van der Waals surface area contributed by atoms with Gasteiger partial charge in [0.05, 0.1) is 16.6 Å². The van der Waals surface area contributed by atoms with Gasteiger partial charge in [0.15, 0.2) is 16.3 Å². The van der Waals surface area contributed by atoms with Crippen molar-refractivity contribution in [3.05, 3.63) is 11.3 Å². The molecule has 0 aliphatic rings. The summed E-state index contributed by atoms with van der Waals surface area (Å²) in [6, 6.07) is 0. The first-order chi connectivity index (χ1) is 8.22. The zero-order valence-corrected chi connectivity index (χ0v) is 11.4. The van der Waals surface area contributed by atoms with Gasteiger partial charge in [0.1, 0.15) is 0 Å². The first-order valence-electron chi connectivity index (χ1n) is 4.91. The molecule has 7 heteroatoms. The van der Waals surface area contributed by atoms with E-state index in [2.05, 4.69) is 15.5 Å². The monoisotopic (exact) mass is 268 g/mol. The first kappa shape index (κ1) is 12.1. The van der Waals surface area contributed by atoms with E-state index in [0.29, 0.717) is 5.69 Å². The van der Waals surface area contributed by atoms with Crippen LogP contribution >= 0.6 is 23.1 Å². The third-order valence-corrected chi connectivity index (χ3v) is 4.46. The SMILES string of the molecule is CN/N=C\c1c(C=O)n(C)c2nc(SC)sc12. The van der Waals surface area contributed by atoms with Gasteiger partial charge in [-0.2, -0.15) is 5.10 Å². The Labute approximate surface area is 107 Å². The zero-order valence-electron chi connectivity index (χ0n) is 9.72. The fraction of sp³-hybridized carbons (Fsp3) is 0.300. The molecule has 5 nitrogen and oxygen atoms in total. The molecular weight excluding hydrogens is 256 g/mol. The van der Waals surface area contributed by atoms with E-state index < -0.39 is 0 Å². The van der Waals surface area contributed by atoms with Gasteiger partial charge in [-0.1, -0.05) is 11.8 Å². The molecule has 2 aromatic heterocycles. The van der Waals surface area contributed by atoms with Gasteiger partial charge in [-0.05, 0) is 6.26 Å². The molecule has 2 rings (SSSR count). The average molecular weight is 268 g/mol. The summed E-state index contributed by atoms with van der Waals surface area (Å²) in [7, 11) is 3.56. The van der Waals surface area contributed by atoms with Crippen molar-refractivity contribution in [1.82, 2.24) is 15.0 Å². The zero-order chi connectivity index (χ0) is 12.4. The fourth-order valence-corrected chi connectivity index (χ4v) is 3.20. The number of hydrogen-bond donors (Lipinski definition) is 1. The Hall–Kier alpha value is -1.34. The number of aromatic nitrogens is 2. The van der Waals surface area contributed by atoms with Gasteiger partial charge in [0, 0.05) is 19.7 Å². The summed E-state index contributed by atoms with van der Waals surface area (Å²) in [4.78, 5) is 15.6. The van der Waals surface area contributed by atoms with Crippen molar-refractivity contribution >= 4 is 45.9 Å². The molecule has 0 aliphatic heterocycles. The Morgan fingerprint density at radius 1 is 1.59 bits per heavy atom. The lowest BCUT2D eigenvalue weighted by molar-refractivity contribution is 0.111. The second-order valence-corrected chi connectivity index (χ2v) is 5.35. The summed E-state index contributed by atoms with van der Waals surface area (Å²) in [5.41, 5.74) is 4.94. The van der Waals surface area contributed by atoms with Crippen molar-refractivity contribution in [2.24, 2.45) is 12.1 Å². The van der Waals surface area contributed by atoms with E-state index >= 15 is 0 Å². The van der Waals surface area contributed by atoms with E-state index in [1.165, 1.54) is 0 Å². The maximum absolute atomic E-state index is 11.1. The molecule has 17 heavy (non-hydrogen) atoms. The number of thioether (sulfide) groups is 1. The normalized spacial score (nSPS) is 11.5. The number of fused-ring (bicyclic) bond motifs is 1. The van der Waals surface area contributed by atoms with Gasteiger partial charge in [0.25, 0.3) is 0 Å². The summed E-state index contributed by atoms with van der Waals surface area (Å²) in [6.07, 6.45) is 4.48. The van der Waals surface area contributed by atoms with Crippen molar-refractivity contribution < 1.29 is 4.79 Å². The number of carbonyl (C=O) groups excluding carboxylic acids is 1. The highest BCUT2D eigenvalue weighted by Gasteiger charge is 2.17. The maximum atomic E-state index is 11.1. The summed E-state index contributed by atoms with van der Waals surface area (Å²) in [6.45, 7) is 0. The third-order valence-electron chi connectivity index (χ3n) is 2.40. The van der Waals surface area contributed by atoms with Crippen LogP contribution in [0.15, 0.2) is 9.44 Å². The molecule has 90 valence electrons. The highest BCUT2D eigenvalue weighted by Crippen LogP contribution is 2.32. The molecule has 2 aromatic rings. The fourth-order valence-electron chi connectivity index (χ4n) is 1.59. The molecule has 0 bridgehead atoms. The number of nitrogens with zero attached hydrogens (tertiary/aromatic N) is 3. The van der Waals surface area contributed by atoms with E-state index in [-0.39, 0.29) is 0 Å². The molecule has 1 N–H and O–H groups in total. The maximum Gasteiger partial charge on any atom is 0.167 e. The largest absolute Gasteiger partial charge is 0.325 e. The number of aldehydes is 1. The molecule has 0 saturated heterocycles. The summed E-state index contributed by atoms with van der Waals surface area (Å²) in [5, 5.41) is 3.97. The van der Waals surface area contributed by atoms with Gasteiger partial charge < -0.3 is 9.99 Å². The predicted molar refractivity (Wildman–Crippen MR) is 72.4 cm³/mol. The quantitative estimate of drug-likeness (QED) is 0.397. The standard InChI is InChI=1S/C10H12N4OS2/c1-11-12-4-6-7(5-15)14(2)9-8(6)17-10(13-9)16-3/h4-5,11H,1-3H3/b12-4-. The van der Waals surface area contributed by atoms with E-state index in [4.69, 9.17) is 0 Å². The first-order valence-corrected chi connectivity index (χ1v) is 6.95. The Morgan fingerprint density at radius 2 is 2.35 bits per heavy atom. The Bertz CT molecular complexity index is 585. The topological polar surface area (TPSA) is 59.3 Å². The molecule has 2 heterocycles. The second kappa shape index (κ2) is 4.89. The lowest BCUT2D eigenvalue weighted by Gasteiger charge is -1.96. The van der Waals surface area contributed by atoms with Crippen LogP contribution in [-0.4, -0.2) is 35.4 Å². The van der Waals surface area contributed by atoms with E-state index in [1.54, 1.807) is 40.9 Å². The van der Waals surface area contributed by atoms with Gasteiger partial charge in [-0.25, -0.2) is 4.98 Å². The minimum absolute atomic E-state index is 0.602. The molecule has 0 aliphatic carbocycles. The highest BCUT2D eigenvalue weighted by atomic mass is 32.2. The number of nitrogens with one attached hydrogen (secondary N) is 1. The van der Waals surface area contributed by atoms with Crippen LogP contribution in [0.5, 0.6) is 0 Å². The van der Waals surface area contributed by atoms with Crippen molar-refractivity contribution in [3.63, 3.8) is 0 Å². The highest BCUT2D eigenvalue weighted by molar-refractivity contribution is 8.00. The number of hydrogen-bond acceptors (Lipinski definition) is 6. The average Bonchev–Trinajstić information content (AvgIpc) is 2.86. The molecule has 0 unspecified atom stereocenters. The van der Waals surface area contributed by atoms with Crippen LogP contribution in [0.1, 0.15) is 16.1 Å². The molecule has 0 amide bonds. The third kappa shape index (κ3) is 1.96. The molecule has 0 saturated carbocycles. The predicted octanol–water partition coefficient (Wildman–Crippen LogP) is 1.72. The molecule has 0 fully saturated rings. The van der Waals surface area contributed by atoms with Crippen LogP contribution < -0.4 is 5.43 Å². The number of rotatable bonds is 4. The second-order valence-electron chi connectivity index (χ2n) is 3.29. The van der Waals surface area contributed by atoms with Crippen molar-refractivity contribution in [2.45, 2.75) is 4.34 Å². The van der Waals surface area contributed by atoms with Crippen LogP contribution in [-0.2, 0) is 7.05 Å². The minimum atomic E-state index is 0.602. The minimum Gasteiger partial charge on any atom is -0.325 e. The summed E-state index contributed by atoms with van der Waals surface area (Å²) >= 11 is 3.18. The van der Waals surface area contributed by atoms with Gasteiger partial charge in [-0.3, -0.25) is 4.79 Å². The van der Waals surface area contributed by atoms with Crippen LogP contribution in [0.25, 0.3) is 10.3 Å². The van der Waals surface area contributed by atoms with Crippen LogP contribution in [0, 0.1) is 0 Å². The van der Waals surface area contributed by atoms with Gasteiger partial charge in [0.2, 0.25) is 0 Å². The van der Waals surface area contributed by atoms with Crippen molar-refractivity contribution in [2.75, 3.05) is 13.3 Å². The number of carbonyl (C=O) groups is 1. The van der Waals surface area contributed by atoms with Crippen LogP contribution in [0.2, 0.25) is 0 Å². The summed E-state index contributed by atoms with van der Waals surface area (Å²) < 4.78 is 3.79. The van der Waals surface area contributed by atoms with E-state index in [1.807, 2.05) is 13.3 Å². The molecule has 0 radical (unpaired) electrons. The van der Waals surface area contributed by atoms with Crippen molar-refractivity contribution in [1.29, 1.82) is 0 Å². The van der Waals surface area contributed by atoms with Crippen LogP contribution in [0.4, 0.5) is 0 Å². The Balaban J connectivity index is 2.71. The lowest BCUT2D eigenvalue weighted by Crippen LogP contribution is -2.00.